The molecule has 0 aliphatic rings. The summed E-state index contributed by atoms with van der Waals surface area (Å²) in [5, 5.41) is 5.87. The Bertz CT molecular complexity index is 1220. The number of carbonyl (C=O) groups excluding carboxylic acids is 1. The fraction of sp³-hybridized carbons (Fsp3) is 0.0500. The van der Waals surface area contributed by atoms with Gasteiger partial charge in [0.25, 0.3) is 5.91 Å². The number of hydrogen-bond donors (Lipinski definition) is 1. The molecule has 0 fully saturated rings. The quantitative estimate of drug-likeness (QED) is 0.440. The highest BCUT2D eigenvalue weighted by atomic mass is 79.9. The summed E-state index contributed by atoms with van der Waals surface area (Å²) in [5.74, 6) is 0.107. The number of anilines is 1. The number of carbonyl (C=O) groups is 1. The van der Waals surface area contributed by atoms with E-state index in [1.54, 1.807) is 24.3 Å². The maximum absolute atomic E-state index is 12.2. The molecular weight excluding hydrogens is 444 g/mol. The molecule has 140 valence electrons. The zero-order valence-corrected chi connectivity index (χ0v) is 16.7. The third kappa shape index (κ3) is 4.29. The molecule has 0 atom stereocenters. The molecule has 2 aromatic heterocycles. The Morgan fingerprint density at radius 3 is 2.89 bits per heavy atom. The highest BCUT2D eigenvalue weighted by molar-refractivity contribution is 9.10. The molecule has 2 heterocycles. The number of nitrogens with one attached hydrogen (secondary N) is 1. The monoisotopic (exact) mass is 456 g/mol. The SMILES string of the molecule is O=C(COc1ccc2ccc(=O)oc2c1)Nc1nc(-c2cccc(Br)c2)cs1. The summed E-state index contributed by atoms with van der Waals surface area (Å²) < 4.78 is 11.6. The maximum Gasteiger partial charge on any atom is 0.336 e. The fourth-order valence-corrected chi connectivity index (χ4v) is 3.68. The number of hydrogen-bond acceptors (Lipinski definition) is 6. The second-order valence-electron chi connectivity index (χ2n) is 5.84. The molecule has 4 aromatic rings. The van der Waals surface area contributed by atoms with E-state index in [1.165, 1.54) is 17.4 Å². The number of aromatic nitrogens is 1. The van der Waals surface area contributed by atoms with E-state index in [2.05, 4.69) is 26.2 Å². The Morgan fingerprint density at radius 2 is 2.04 bits per heavy atom. The molecule has 6 nitrogen and oxygen atoms in total. The first-order valence-electron chi connectivity index (χ1n) is 8.25. The Hall–Kier alpha value is -2.97. The smallest absolute Gasteiger partial charge is 0.336 e. The topological polar surface area (TPSA) is 81.4 Å². The van der Waals surface area contributed by atoms with Crippen LogP contribution in [-0.4, -0.2) is 17.5 Å². The highest BCUT2D eigenvalue weighted by Gasteiger charge is 2.10. The van der Waals surface area contributed by atoms with E-state index < -0.39 is 5.63 Å². The Labute approximate surface area is 171 Å². The van der Waals surface area contributed by atoms with Crippen LogP contribution in [0.25, 0.3) is 22.2 Å². The summed E-state index contributed by atoms with van der Waals surface area (Å²) in [6.45, 7) is -0.186. The molecule has 0 radical (unpaired) electrons. The fourth-order valence-electron chi connectivity index (χ4n) is 2.55. The van der Waals surface area contributed by atoms with Gasteiger partial charge in [-0.15, -0.1) is 11.3 Å². The number of halogens is 1. The van der Waals surface area contributed by atoms with Crippen molar-refractivity contribution in [3.8, 4) is 17.0 Å². The number of thiazole rings is 1. The molecule has 4 rings (SSSR count). The lowest BCUT2D eigenvalue weighted by Gasteiger charge is -2.06. The first-order chi connectivity index (χ1) is 13.6. The van der Waals surface area contributed by atoms with Crippen molar-refractivity contribution in [2.24, 2.45) is 0 Å². The molecule has 0 aliphatic heterocycles. The molecule has 0 saturated heterocycles. The van der Waals surface area contributed by atoms with Crippen LogP contribution in [-0.2, 0) is 4.79 Å². The van der Waals surface area contributed by atoms with Crippen LogP contribution in [0.5, 0.6) is 5.75 Å². The van der Waals surface area contributed by atoms with Crippen LogP contribution in [0.15, 0.2) is 73.7 Å². The molecule has 1 amide bonds. The molecule has 0 bridgehead atoms. The number of nitrogens with zero attached hydrogens (tertiary/aromatic N) is 1. The van der Waals surface area contributed by atoms with E-state index >= 15 is 0 Å². The van der Waals surface area contributed by atoms with E-state index in [9.17, 15) is 9.59 Å². The molecule has 0 saturated carbocycles. The van der Waals surface area contributed by atoms with Crippen molar-refractivity contribution in [1.29, 1.82) is 0 Å². The van der Waals surface area contributed by atoms with Crippen LogP contribution < -0.4 is 15.7 Å². The Kier molecular flexibility index (Phi) is 5.23. The van der Waals surface area contributed by atoms with Crippen LogP contribution in [0.2, 0.25) is 0 Å². The van der Waals surface area contributed by atoms with Crippen molar-refractivity contribution in [1.82, 2.24) is 4.98 Å². The van der Waals surface area contributed by atoms with E-state index in [0.717, 1.165) is 21.1 Å². The number of benzene rings is 2. The normalized spacial score (nSPS) is 10.8. The molecule has 2 aromatic carbocycles. The molecule has 0 unspecified atom stereocenters. The summed E-state index contributed by atoms with van der Waals surface area (Å²) in [5.41, 5.74) is 1.71. The lowest BCUT2D eigenvalue weighted by molar-refractivity contribution is -0.118. The largest absolute Gasteiger partial charge is 0.484 e. The lowest BCUT2D eigenvalue weighted by atomic mass is 10.2. The second-order valence-corrected chi connectivity index (χ2v) is 7.61. The minimum atomic E-state index is -0.438. The van der Waals surface area contributed by atoms with E-state index in [0.29, 0.717) is 16.5 Å². The van der Waals surface area contributed by atoms with Gasteiger partial charge in [-0.3, -0.25) is 10.1 Å². The number of fused-ring (bicyclic) bond motifs is 1. The third-order valence-electron chi connectivity index (χ3n) is 3.84. The van der Waals surface area contributed by atoms with Gasteiger partial charge >= 0.3 is 5.63 Å². The van der Waals surface area contributed by atoms with Gasteiger partial charge in [-0.2, -0.15) is 0 Å². The second kappa shape index (κ2) is 7.95. The van der Waals surface area contributed by atoms with Gasteiger partial charge in [-0.25, -0.2) is 9.78 Å². The predicted molar refractivity (Wildman–Crippen MR) is 112 cm³/mol. The van der Waals surface area contributed by atoms with Gasteiger partial charge in [0, 0.05) is 32.9 Å². The first-order valence-corrected chi connectivity index (χ1v) is 9.92. The highest BCUT2D eigenvalue weighted by Crippen LogP contribution is 2.27. The van der Waals surface area contributed by atoms with Gasteiger partial charge in [0.05, 0.1) is 5.69 Å². The third-order valence-corrected chi connectivity index (χ3v) is 5.09. The maximum atomic E-state index is 12.2. The van der Waals surface area contributed by atoms with Crippen LogP contribution >= 0.6 is 27.3 Å². The minimum Gasteiger partial charge on any atom is -0.484 e. The standard InChI is InChI=1S/C20H13BrN2O4S/c21-14-3-1-2-13(8-14)16-11-28-20(22-16)23-18(24)10-26-15-6-4-12-5-7-19(25)27-17(12)9-15/h1-9,11H,10H2,(H,22,23,24). The summed E-state index contributed by atoms with van der Waals surface area (Å²) in [6.07, 6.45) is 0. The average Bonchev–Trinajstić information content (AvgIpc) is 3.14. The molecule has 28 heavy (non-hydrogen) atoms. The van der Waals surface area contributed by atoms with Crippen molar-refractivity contribution in [3.63, 3.8) is 0 Å². The zero-order chi connectivity index (χ0) is 19.5. The van der Waals surface area contributed by atoms with Crippen LogP contribution in [0.1, 0.15) is 0 Å². The van der Waals surface area contributed by atoms with Gasteiger partial charge in [-0.05, 0) is 30.3 Å². The Morgan fingerprint density at radius 1 is 1.18 bits per heavy atom. The number of ether oxygens (including phenoxy) is 1. The van der Waals surface area contributed by atoms with E-state index in [4.69, 9.17) is 9.15 Å². The van der Waals surface area contributed by atoms with Gasteiger partial charge in [-0.1, -0.05) is 28.1 Å². The van der Waals surface area contributed by atoms with Crippen LogP contribution in [0.4, 0.5) is 5.13 Å². The van der Waals surface area contributed by atoms with Gasteiger partial charge in [0.2, 0.25) is 0 Å². The van der Waals surface area contributed by atoms with Crippen molar-refractivity contribution >= 4 is 49.3 Å². The minimum absolute atomic E-state index is 0.186. The summed E-state index contributed by atoms with van der Waals surface area (Å²) in [6, 6.07) is 15.9. The first kappa shape index (κ1) is 18.4. The molecule has 8 heteroatoms. The van der Waals surface area contributed by atoms with Crippen molar-refractivity contribution in [2.75, 3.05) is 11.9 Å². The van der Waals surface area contributed by atoms with Crippen LogP contribution in [0, 0.1) is 0 Å². The molecule has 1 N–H and O–H groups in total. The van der Waals surface area contributed by atoms with E-state index in [-0.39, 0.29) is 12.5 Å². The average molecular weight is 457 g/mol. The van der Waals surface area contributed by atoms with Crippen molar-refractivity contribution < 1.29 is 13.9 Å². The zero-order valence-electron chi connectivity index (χ0n) is 14.3. The summed E-state index contributed by atoms with van der Waals surface area (Å²) >= 11 is 4.77. The molecule has 0 spiro atoms. The summed E-state index contributed by atoms with van der Waals surface area (Å²) in [7, 11) is 0. The number of amides is 1. The lowest BCUT2D eigenvalue weighted by Crippen LogP contribution is -2.20. The molecular formula is C20H13BrN2O4S. The van der Waals surface area contributed by atoms with Crippen molar-refractivity contribution in [2.45, 2.75) is 0 Å². The van der Waals surface area contributed by atoms with Crippen molar-refractivity contribution in [3.05, 3.63) is 74.9 Å². The summed E-state index contributed by atoms with van der Waals surface area (Å²) in [4.78, 5) is 27.9. The van der Waals surface area contributed by atoms with Gasteiger partial charge < -0.3 is 9.15 Å². The van der Waals surface area contributed by atoms with Gasteiger partial charge in [0.15, 0.2) is 11.7 Å². The van der Waals surface area contributed by atoms with Crippen LogP contribution in [0.3, 0.4) is 0 Å². The Balaban J connectivity index is 1.39. The molecule has 0 aliphatic carbocycles. The van der Waals surface area contributed by atoms with Gasteiger partial charge in [0.1, 0.15) is 11.3 Å². The predicted octanol–water partition coefficient (Wildman–Crippen LogP) is 4.70. The van der Waals surface area contributed by atoms with E-state index in [1.807, 2.05) is 29.6 Å². The number of rotatable bonds is 5.